The molecular weight excluding hydrogens is 294 g/mol. The van der Waals surface area contributed by atoms with Crippen molar-refractivity contribution < 1.29 is 4.79 Å². The Balaban J connectivity index is 1.47. The summed E-state index contributed by atoms with van der Waals surface area (Å²) in [7, 11) is 2.10. The van der Waals surface area contributed by atoms with Crippen LogP contribution in [0.25, 0.3) is 0 Å². The lowest BCUT2D eigenvalue weighted by Gasteiger charge is -2.35. The van der Waals surface area contributed by atoms with Crippen molar-refractivity contribution in [1.29, 1.82) is 0 Å². The third-order valence-electron chi connectivity index (χ3n) is 5.06. The number of amides is 2. The highest BCUT2D eigenvalue weighted by Gasteiger charge is 2.27. The van der Waals surface area contributed by atoms with Gasteiger partial charge in [-0.2, -0.15) is 0 Å². The number of nitrogens with one attached hydrogen (secondary N) is 2. The number of carbonyl (C=O) groups excluding carboxylic acids is 1. The van der Waals surface area contributed by atoms with Crippen molar-refractivity contribution in [3.05, 3.63) is 28.3 Å². The number of carbonyl (C=O) groups is 1. The molecule has 0 radical (unpaired) electrons. The van der Waals surface area contributed by atoms with Gasteiger partial charge in [-0.05, 0) is 79.8 Å². The number of rotatable bonds is 3. The number of fused-ring (bicyclic) bond motifs is 2. The van der Waals surface area contributed by atoms with Gasteiger partial charge in [-0.25, -0.2) is 4.79 Å². The molecule has 0 saturated carbocycles. The Hall–Kier alpha value is -1.20. The lowest BCUT2D eigenvalue weighted by atomic mass is 9.99. The zero-order valence-corrected chi connectivity index (χ0v) is 13.9. The Kier molecular flexibility index (Phi) is 3.78. The second-order valence-electron chi connectivity index (χ2n) is 6.75. The van der Waals surface area contributed by atoms with Crippen LogP contribution in [0.3, 0.4) is 0 Å². The number of anilines is 1. The van der Waals surface area contributed by atoms with Crippen LogP contribution in [0.5, 0.6) is 0 Å². The molecule has 0 spiro atoms. The number of urea groups is 1. The first-order chi connectivity index (χ1) is 10.7. The third kappa shape index (κ3) is 2.61. The monoisotopic (exact) mass is 317 g/mol. The normalized spacial score (nSPS) is 20.4. The Bertz CT molecular complexity index is 578. The molecule has 4 rings (SSSR count). The van der Waals surface area contributed by atoms with Crippen LogP contribution < -0.4 is 10.0 Å². The van der Waals surface area contributed by atoms with Gasteiger partial charge in [0.1, 0.15) is 0 Å². The molecule has 0 unspecified atom stereocenters. The molecule has 0 atom stereocenters. The second kappa shape index (κ2) is 5.78. The van der Waals surface area contributed by atoms with Crippen molar-refractivity contribution >= 4 is 23.7 Å². The molecule has 1 aliphatic heterocycles. The first-order valence-electron chi connectivity index (χ1n) is 8.28. The number of hydrogen-bond acceptors (Lipinski definition) is 3. The molecule has 3 aliphatic rings. The highest BCUT2D eigenvalue weighted by atomic mass is 32.2. The number of benzene rings is 1. The first kappa shape index (κ1) is 14.4. The zero-order valence-electron chi connectivity index (χ0n) is 13.1. The molecule has 1 fully saturated rings. The van der Waals surface area contributed by atoms with Crippen LogP contribution in [0, 0.1) is 0 Å². The van der Waals surface area contributed by atoms with E-state index in [-0.39, 0.29) is 6.03 Å². The van der Waals surface area contributed by atoms with E-state index in [9.17, 15) is 4.79 Å². The van der Waals surface area contributed by atoms with Crippen LogP contribution in [0.2, 0.25) is 0 Å². The summed E-state index contributed by atoms with van der Waals surface area (Å²) >= 11 is 1.56. The molecule has 1 aromatic rings. The van der Waals surface area contributed by atoms with Crippen molar-refractivity contribution in [2.45, 2.75) is 43.8 Å². The average Bonchev–Trinajstić information content (AvgIpc) is 3.10. The molecule has 118 valence electrons. The van der Waals surface area contributed by atoms with Gasteiger partial charge >= 0.3 is 6.03 Å². The summed E-state index contributed by atoms with van der Waals surface area (Å²) in [5.41, 5.74) is 6.84. The van der Waals surface area contributed by atoms with E-state index in [1.54, 1.807) is 11.9 Å². The maximum Gasteiger partial charge on any atom is 0.329 e. The minimum Gasteiger partial charge on any atom is -0.307 e. The van der Waals surface area contributed by atoms with Gasteiger partial charge in [-0.15, -0.1) is 0 Å². The highest BCUT2D eigenvalue weighted by molar-refractivity contribution is 7.98. The van der Waals surface area contributed by atoms with E-state index in [1.165, 1.54) is 47.9 Å². The summed E-state index contributed by atoms with van der Waals surface area (Å²) in [6.45, 7) is 2.11. The fourth-order valence-corrected chi connectivity index (χ4v) is 4.94. The van der Waals surface area contributed by atoms with Gasteiger partial charge in [0, 0.05) is 18.8 Å². The van der Waals surface area contributed by atoms with Crippen molar-refractivity contribution in [3.8, 4) is 0 Å². The fourth-order valence-electron chi connectivity index (χ4n) is 3.96. The summed E-state index contributed by atoms with van der Waals surface area (Å²) in [6.07, 6.45) is 7.00. The van der Waals surface area contributed by atoms with Crippen molar-refractivity contribution in [2.24, 2.45) is 0 Å². The minimum absolute atomic E-state index is 0.0612. The third-order valence-corrected chi connectivity index (χ3v) is 6.00. The smallest absolute Gasteiger partial charge is 0.307 e. The quantitative estimate of drug-likeness (QED) is 0.843. The molecule has 2 amide bonds. The van der Waals surface area contributed by atoms with E-state index < -0.39 is 0 Å². The molecule has 2 aliphatic carbocycles. The summed E-state index contributed by atoms with van der Waals surface area (Å²) in [5, 5.41) is 3.70. The first-order valence-corrected chi connectivity index (χ1v) is 9.16. The van der Waals surface area contributed by atoms with Gasteiger partial charge in [-0.3, -0.25) is 4.72 Å². The molecule has 0 bridgehead atoms. The molecule has 1 saturated heterocycles. The standard InChI is InChI=1S/C17H23N3OS/c1-20-9-13(10-20)22-19-17(21)18-16-14-6-2-4-11(14)8-12-5-3-7-15(12)16/h8,13H,2-7,9-10H2,1H3,(H2,18,19,21). The average molecular weight is 317 g/mol. The molecule has 2 N–H and O–H groups in total. The fraction of sp³-hybridized carbons (Fsp3) is 0.588. The number of likely N-dealkylation sites (tertiary alicyclic amines) is 1. The molecular formula is C17H23N3OS. The van der Waals surface area contributed by atoms with E-state index in [1.807, 2.05) is 0 Å². The lowest BCUT2D eigenvalue weighted by Crippen LogP contribution is -2.47. The van der Waals surface area contributed by atoms with Crippen LogP contribution in [0.4, 0.5) is 10.5 Å². The maximum atomic E-state index is 12.3. The highest BCUT2D eigenvalue weighted by Crippen LogP contribution is 2.38. The van der Waals surface area contributed by atoms with Crippen LogP contribution in [0.15, 0.2) is 6.07 Å². The van der Waals surface area contributed by atoms with E-state index >= 15 is 0 Å². The van der Waals surface area contributed by atoms with Gasteiger partial charge in [0.05, 0.1) is 5.25 Å². The molecule has 5 heteroatoms. The van der Waals surface area contributed by atoms with Crippen molar-refractivity contribution in [3.63, 3.8) is 0 Å². The SMILES string of the molecule is CN1CC(SNC(=O)Nc2c3c(cc4c2CCC4)CCC3)C1. The molecule has 0 aromatic heterocycles. The number of aryl methyl sites for hydroxylation is 2. The van der Waals surface area contributed by atoms with E-state index in [0.717, 1.165) is 31.6 Å². The Morgan fingerprint density at radius 2 is 1.77 bits per heavy atom. The summed E-state index contributed by atoms with van der Waals surface area (Å²) < 4.78 is 2.98. The summed E-state index contributed by atoms with van der Waals surface area (Å²) in [4.78, 5) is 14.5. The van der Waals surface area contributed by atoms with Gasteiger partial charge in [-0.1, -0.05) is 6.07 Å². The molecule has 4 nitrogen and oxygen atoms in total. The van der Waals surface area contributed by atoms with E-state index in [0.29, 0.717) is 5.25 Å². The van der Waals surface area contributed by atoms with E-state index in [4.69, 9.17) is 0 Å². The Morgan fingerprint density at radius 1 is 1.14 bits per heavy atom. The van der Waals surface area contributed by atoms with Gasteiger partial charge in [0.2, 0.25) is 0 Å². The second-order valence-corrected chi connectivity index (χ2v) is 7.86. The van der Waals surface area contributed by atoms with Crippen LogP contribution in [-0.4, -0.2) is 36.3 Å². The van der Waals surface area contributed by atoms with Gasteiger partial charge < -0.3 is 10.2 Å². The molecule has 1 heterocycles. The van der Waals surface area contributed by atoms with Crippen LogP contribution in [0.1, 0.15) is 35.1 Å². The lowest BCUT2D eigenvalue weighted by molar-refractivity contribution is 0.238. The predicted octanol–water partition coefficient (Wildman–Crippen LogP) is 2.75. The Morgan fingerprint density at radius 3 is 2.36 bits per heavy atom. The van der Waals surface area contributed by atoms with E-state index in [2.05, 4.69) is 28.1 Å². The largest absolute Gasteiger partial charge is 0.329 e. The van der Waals surface area contributed by atoms with Crippen LogP contribution >= 0.6 is 11.9 Å². The summed E-state index contributed by atoms with van der Waals surface area (Å²) in [5.74, 6) is 0. The van der Waals surface area contributed by atoms with Gasteiger partial charge in [0.25, 0.3) is 0 Å². The topological polar surface area (TPSA) is 44.4 Å². The molecule has 1 aromatic carbocycles. The molecule has 22 heavy (non-hydrogen) atoms. The maximum absolute atomic E-state index is 12.3. The zero-order chi connectivity index (χ0) is 15.1. The number of hydrogen-bond donors (Lipinski definition) is 2. The summed E-state index contributed by atoms with van der Waals surface area (Å²) in [6, 6.07) is 2.33. The predicted molar refractivity (Wildman–Crippen MR) is 91.5 cm³/mol. The van der Waals surface area contributed by atoms with Crippen LogP contribution in [-0.2, 0) is 25.7 Å². The minimum atomic E-state index is -0.0612. The number of nitrogens with zero attached hydrogens (tertiary/aromatic N) is 1. The van der Waals surface area contributed by atoms with Crippen molar-refractivity contribution in [1.82, 2.24) is 9.62 Å². The van der Waals surface area contributed by atoms with Gasteiger partial charge in [0.15, 0.2) is 0 Å². The van der Waals surface area contributed by atoms with Crippen molar-refractivity contribution in [2.75, 3.05) is 25.5 Å². The Labute approximate surface area is 136 Å².